The molecule has 1 amide bonds. The van der Waals surface area contributed by atoms with Crippen molar-refractivity contribution < 1.29 is 9.53 Å². The zero-order chi connectivity index (χ0) is 14.6. The minimum absolute atomic E-state index is 0.448. The Labute approximate surface area is 121 Å². The van der Waals surface area contributed by atoms with Crippen LogP contribution < -0.4 is 10.5 Å². The van der Waals surface area contributed by atoms with Crippen molar-refractivity contribution in [2.75, 3.05) is 6.61 Å². The van der Waals surface area contributed by atoms with E-state index in [1.54, 1.807) is 6.08 Å². The van der Waals surface area contributed by atoms with Gasteiger partial charge in [0.25, 0.3) is 0 Å². The minimum atomic E-state index is -0.448. The number of hydrogen-bond donors (Lipinski definition) is 1. The van der Waals surface area contributed by atoms with Crippen LogP contribution in [0.3, 0.4) is 0 Å². The maximum atomic E-state index is 10.8. The molecule has 0 spiro atoms. The van der Waals surface area contributed by atoms with E-state index in [0.29, 0.717) is 6.61 Å². The third-order valence-corrected chi connectivity index (χ3v) is 3.10. The summed E-state index contributed by atoms with van der Waals surface area (Å²) in [5.74, 6) is 0.356. The van der Waals surface area contributed by atoms with Crippen molar-refractivity contribution in [3.63, 3.8) is 0 Å². The highest BCUT2D eigenvalue weighted by Crippen LogP contribution is 2.19. The Bertz CT molecular complexity index is 427. The number of benzene rings is 1. The molecular formula is C17H25NO2. The van der Waals surface area contributed by atoms with Crippen LogP contribution in [0.15, 0.2) is 30.3 Å². The number of hydrogen-bond acceptors (Lipinski definition) is 2. The fraction of sp³-hybridized carbons (Fsp3) is 0.471. The standard InChI is InChI=1S/C17H25NO2/c1-2-3-4-5-6-9-14-20-16-11-8-7-10-15(16)12-13-17(18)19/h7-8,10-13H,2-6,9,14H2,1H3,(H2,18,19)/b13-12+. The summed E-state index contributed by atoms with van der Waals surface area (Å²) in [4.78, 5) is 10.8. The molecule has 0 bridgehead atoms. The number of primary amides is 1. The third-order valence-electron chi connectivity index (χ3n) is 3.10. The highest BCUT2D eigenvalue weighted by atomic mass is 16.5. The van der Waals surface area contributed by atoms with Crippen LogP contribution in [-0.4, -0.2) is 12.5 Å². The molecule has 0 aliphatic carbocycles. The van der Waals surface area contributed by atoms with E-state index >= 15 is 0 Å². The number of para-hydroxylation sites is 1. The van der Waals surface area contributed by atoms with E-state index in [4.69, 9.17) is 10.5 Å². The summed E-state index contributed by atoms with van der Waals surface area (Å²) >= 11 is 0. The summed E-state index contributed by atoms with van der Waals surface area (Å²) in [6.07, 6.45) is 10.5. The molecule has 0 aliphatic heterocycles. The van der Waals surface area contributed by atoms with Gasteiger partial charge in [0, 0.05) is 11.6 Å². The molecule has 0 saturated carbocycles. The molecule has 3 heteroatoms. The molecule has 0 aliphatic rings. The number of rotatable bonds is 10. The smallest absolute Gasteiger partial charge is 0.241 e. The molecule has 2 N–H and O–H groups in total. The van der Waals surface area contributed by atoms with E-state index in [9.17, 15) is 4.79 Å². The van der Waals surface area contributed by atoms with Crippen LogP contribution in [0.1, 0.15) is 51.0 Å². The maximum Gasteiger partial charge on any atom is 0.241 e. The molecule has 3 nitrogen and oxygen atoms in total. The highest BCUT2D eigenvalue weighted by molar-refractivity contribution is 5.90. The summed E-state index contributed by atoms with van der Waals surface area (Å²) in [6.45, 7) is 2.94. The Morgan fingerprint density at radius 2 is 1.85 bits per heavy atom. The summed E-state index contributed by atoms with van der Waals surface area (Å²) in [7, 11) is 0. The van der Waals surface area contributed by atoms with Gasteiger partial charge in [-0.25, -0.2) is 0 Å². The van der Waals surface area contributed by atoms with Crippen LogP contribution in [0.4, 0.5) is 0 Å². The van der Waals surface area contributed by atoms with Crippen LogP contribution in [0, 0.1) is 0 Å². The Morgan fingerprint density at radius 3 is 2.60 bits per heavy atom. The molecule has 0 saturated heterocycles. The van der Waals surface area contributed by atoms with Crippen LogP contribution in [0.25, 0.3) is 6.08 Å². The van der Waals surface area contributed by atoms with E-state index < -0.39 is 5.91 Å². The SMILES string of the molecule is CCCCCCCCOc1ccccc1/C=C/C(N)=O. The Hall–Kier alpha value is -1.77. The fourth-order valence-corrected chi connectivity index (χ4v) is 1.99. The van der Waals surface area contributed by atoms with Crippen molar-refractivity contribution >= 4 is 12.0 Å². The zero-order valence-corrected chi connectivity index (χ0v) is 12.3. The maximum absolute atomic E-state index is 10.8. The lowest BCUT2D eigenvalue weighted by atomic mass is 10.1. The molecule has 1 aromatic rings. The van der Waals surface area contributed by atoms with Gasteiger partial charge in [-0.05, 0) is 18.6 Å². The van der Waals surface area contributed by atoms with Gasteiger partial charge in [-0.15, -0.1) is 0 Å². The summed E-state index contributed by atoms with van der Waals surface area (Å²) in [5, 5.41) is 0. The Balaban J connectivity index is 2.34. The first-order valence-corrected chi connectivity index (χ1v) is 7.43. The topological polar surface area (TPSA) is 52.3 Å². The van der Waals surface area contributed by atoms with Crippen LogP contribution in [0.5, 0.6) is 5.75 Å². The average molecular weight is 275 g/mol. The number of amides is 1. The Morgan fingerprint density at radius 1 is 1.15 bits per heavy atom. The van der Waals surface area contributed by atoms with Crippen LogP contribution in [-0.2, 0) is 4.79 Å². The molecule has 0 heterocycles. The zero-order valence-electron chi connectivity index (χ0n) is 12.3. The van der Waals surface area contributed by atoms with Gasteiger partial charge in [0.15, 0.2) is 0 Å². The number of carbonyl (C=O) groups excluding carboxylic acids is 1. The van der Waals surface area contributed by atoms with Crippen molar-refractivity contribution in [3.8, 4) is 5.75 Å². The van der Waals surface area contributed by atoms with Crippen LogP contribution >= 0.6 is 0 Å². The molecule has 1 rings (SSSR count). The lowest BCUT2D eigenvalue weighted by Crippen LogP contribution is -2.05. The second-order valence-corrected chi connectivity index (χ2v) is 4.89. The van der Waals surface area contributed by atoms with Crippen molar-refractivity contribution in [1.29, 1.82) is 0 Å². The Kier molecular flexibility index (Phi) is 8.20. The molecule has 110 valence electrons. The molecule has 0 fully saturated rings. The third kappa shape index (κ3) is 6.98. The van der Waals surface area contributed by atoms with Crippen molar-refractivity contribution in [3.05, 3.63) is 35.9 Å². The molecule has 1 aromatic carbocycles. The van der Waals surface area contributed by atoms with E-state index in [-0.39, 0.29) is 0 Å². The van der Waals surface area contributed by atoms with E-state index in [1.165, 1.54) is 38.2 Å². The first kappa shape index (κ1) is 16.3. The molecular weight excluding hydrogens is 250 g/mol. The van der Waals surface area contributed by atoms with Crippen molar-refractivity contribution in [2.45, 2.75) is 45.4 Å². The van der Waals surface area contributed by atoms with E-state index in [2.05, 4.69) is 6.92 Å². The largest absolute Gasteiger partial charge is 0.493 e. The summed E-state index contributed by atoms with van der Waals surface area (Å²) < 4.78 is 5.77. The highest BCUT2D eigenvalue weighted by Gasteiger charge is 2.00. The van der Waals surface area contributed by atoms with Gasteiger partial charge >= 0.3 is 0 Å². The fourth-order valence-electron chi connectivity index (χ4n) is 1.99. The second-order valence-electron chi connectivity index (χ2n) is 4.89. The predicted octanol–water partition coefficient (Wildman–Crippen LogP) is 3.92. The first-order valence-electron chi connectivity index (χ1n) is 7.43. The quantitative estimate of drug-likeness (QED) is 0.519. The number of ether oxygens (including phenoxy) is 1. The molecule has 0 radical (unpaired) electrons. The van der Waals surface area contributed by atoms with Crippen molar-refractivity contribution in [2.24, 2.45) is 5.73 Å². The normalized spacial score (nSPS) is 10.8. The molecule has 0 aromatic heterocycles. The van der Waals surface area contributed by atoms with Gasteiger partial charge < -0.3 is 10.5 Å². The van der Waals surface area contributed by atoms with Gasteiger partial charge in [-0.2, -0.15) is 0 Å². The average Bonchev–Trinajstić information content (AvgIpc) is 2.45. The lowest BCUT2D eigenvalue weighted by molar-refractivity contribution is -0.113. The first-order chi connectivity index (χ1) is 9.74. The monoisotopic (exact) mass is 275 g/mol. The van der Waals surface area contributed by atoms with Gasteiger partial charge in [-0.1, -0.05) is 57.2 Å². The molecule has 0 unspecified atom stereocenters. The van der Waals surface area contributed by atoms with Gasteiger partial charge in [-0.3, -0.25) is 4.79 Å². The number of unbranched alkanes of at least 4 members (excludes halogenated alkanes) is 5. The number of carbonyl (C=O) groups is 1. The summed E-state index contributed by atoms with van der Waals surface area (Å²) in [5.41, 5.74) is 5.99. The van der Waals surface area contributed by atoms with Gasteiger partial charge in [0.2, 0.25) is 5.91 Å². The predicted molar refractivity (Wildman–Crippen MR) is 83.5 cm³/mol. The molecule has 0 atom stereocenters. The van der Waals surface area contributed by atoms with Crippen LogP contribution in [0.2, 0.25) is 0 Å². The summed E-state index contributed by atoms with van der Waals surface area (Å²) in [6, 6.07) is 7.67. The number of nitrogens with two attached hydrogens (primary N) is 1. The molecule has 20 heavy (non-hydrogen) atoms. The van der Waals surface area contributed by atoms with Gasteiger partial charge in [0.1, 0.15) is 5.75 Å². The van der Waals surface area contributed by atoms with Crippen molar-refractivity contribution in [1.82, 2.24) is 0 Å². The van der Waals surface area contributed by atoms with Gasteiger partial charge in [0.05, 0.1) is 6.61 Å². The lowest BCUT2D eigenvalue weighted by Gasteiger charge is -2.09. The second kappa shape index (κ2) is 10.1. The van der Waals surface area contributed by atoms with E-state index in [1.807, 2.05) is 24.3 Å². The van der Waals surface area contributed by atoms with E-state index in [0.717, 1.165) is 17.7 Å². The minimum Gasteiger partial charge on any atom is -0.493 e.